The minimum atomic E-state index is 0.0514. The fraction of sp³-hybridized carbons (Fsp3) is 0.118. The summed E-state index contributed by atoms with van der Waals surface area (Å²) in [5, 5.41) is 13.0. The molecular formula is C17H14N2O2. The van der Waals surface area contributed by atoms with Gasteiger partial charge in [0.25, 0.3) is 0 Å². The fourth-order valence-electron chi connectivity index (χ4n) is 2.18. The van der Waals surface area contributed by atoms with E-state index in [1.54, 1.807) is 6.26 Å². The first kappa shape index (κ1) is 13.1. The summed E-state index contributed by atoms with van der Waals surface area (Å²) in [6, 6.07) is 17.5. The van der Waals surface area contributed by atoms with Crippen LogP contribution in [-0.2, 0) is 6.54 Å². The Labute approximate surface area is 122 Å². The summed E-state index contributed by atoms with van der Waals surface area (Å²) in [5.41, 5.74) is 2.94. The lowest BCUT2D eigenvalue weighted by atomic mass is 10.2. The molecule has 4 heteroatoms. The topological polar surface area (TPSA) is 58.2 Å². The van der Waals surface area contributed by atoms with E-state index >= 15 is 0 Å². The van der Waals surface area contributed by atoms with Crippen molar-refractivity contribution in [3.63, 3.8) is 0 Å². The van der Waals surface area contributed by atoms with Crippen LogP contribution in [0.15, 0.2) is 59.2 Å². The number of nitriles is 1. The lowest BCUT2D eigenvalue weighted by molar-refractivity contribution is 0.368. The van der Waals surface area contributed by atoms with Crippen LogP contribution in [0.3, 0.4) is 0 Å². The molecule has 21 heavy (non-hydrogen) atoms. The molecule has 4 nitrogen and oxygen atoms in total. The summed E-state index contributed by atoms with van der Waals surface area (Å²) in [6.07, 6.45) is 1.77. The van der Waals surface area contributed by atoms with Gasteiger partial charge in [0.2, 0.25) is 0 Å². The van der Waals surface area contributed by atoms with Gasteiger partial charge in [0, 0.05) is 29.2 Å². The highest BCUT2D eigenvalue weighted by atomic mass is 16.5. The summed E-state index contributed by atoms with van der Waals surface area (Å²) in [6.45, 7) is 0.717. The maximum atomic E-state index is 8.52. The SMILES string of the molecule is N#CCOc1cccc(NCc2coc3ccccc23)c1. The van der Waals surface area contributed by atoms with Crippen molar-refractivity contribution in [2.24, 2.45) is 0 Å². The van der Waals surface area contributed by atoms with Crippen LogP contribution in [0.2, 0.25) is 0 Å². The molecule has 0 radical (unpaired) electrons. The number of hydrogen-bond acceptors (Lipinski definition) is 4. The van der Waals surface area contributed by atoms with E-state index in [2.05, 4.69) is 5.32 Å². The van der Waals surface area contributed by atoms with Gasteiger partial charge in [-0.25, -0.2) is 0 Å². The van der Waals surface area contributed by atoms with Crippen LogP contribution in [0.4, 0.5) is 5.69 Å². The average Bonchev–Trinajstić information content (AvgIpc) is 2.95. The molecule has 0 unspecified atom stereocenters. The molecule has 0 spiro atoms. The number of fused-ring (bicyclic) bond motifs is 1. The van der Waals surface area contributed by atoms with Crippen molar-refractivity contribution >= 4 is 16.7 Å². The minimum absolute atomic E-state index is 0.0514. The molecule has 0 atom stereocenters. The van der Waals surface area contributed by atoms with Gasteiger partial charge in [-0.05, 0) is 18.2 Å². The summed E-state index contributed by atoms with van der Waals surface area (Å²) >= 11 is 0. The summed E-state index contributed by atoms with van der Waals surface area (Å²) in [7, 11) is 0. The highest BCUT2D eigenvalue weighted by Crippen LogP contribution is 2.23. The predicted octanol–water partition coefficient (Wildman–Crippen LogP) is 3.95. The second-order valence-corrected chi connectivity index (χ2v) is 4.59. The van der Waals surface area contributed by atoms with Gasteiger partial charge < -0.3 is 14.5 Å². The van der Waals surface area contributed by atoms with Crippen molar-refractivity contribution in [1.29, 1.82) is 5.26 Å². The van der Waals surface area contributed by atoms with Crippen molar-refractivity contribution in [2.45, 2.75) is 6.54 Å². The number of benzene rings is 2. The second kappa shape index (κ2) is 6.02. The van der Waals surface area contributed by atoms with E-state index in [1.165, 1.54) is 0 Å². The number of nitrogens with one attached hydrogen (secondary N) is 1. The largest absolute Gasteiger partial charge is 0.479 e. The van der Waals surface area contributed by atoms with E-state index in [4.69, 9.17) is 14.4 Å². The van der Waals surface area contributed by atoms with Crippen molar-refractivity contribution in [1.82, 2.24) is 0 Å². The molecule has 3 rings (SSSR count). The lowest BCUT2D eigenvalue weighted by Crippen LogP contribution is -1.99. The molecule has 0 fully saturated rings. The molecule has 2 aromatic carbocycles. The third kappa shape index (κ3) is 2.98. The summed E-state index contributed by atoms with van der Waals surface area (Å²) in [5.74, 6) is 0.679. The Kier molecular flexibility index (Phi) is 3.74. The Hall–Kier alpha value is -2.93. The van der Waals surface area contributed by atoms with Gasteiger partial charge in [-0.15, -0.1) is 0 Å². The first-order valence-corrected chi connectivity index (χ1v) is 6.65. The first-order valence-electron chi connectivity index (χ1n) is 6.65. The fourth-order valence-corrected chi connectivity index (χ4v) is 2.18. The number of nitrogens with zero attached hydrogens (tertiary/aromatic N) is 1. The third-order valence-corrected chi connectivity index (χ3v) is 3.18. The van der Waals surface area contributed by atoms with Crippen molar-refractivity contribution in [3.05, 3.63) is 60.4 Å². The Bertz CT molecular complexity index is 787. The normalized spacial score (nSPS) is 10.2. The summed E-state index contributed by atoms with van der Waals surface area (Å²) in [4.78, 5) is 0. The van der Waals surface area contributed by atoms with Crippen molar-refractivity contribution < 1.29 is 9.15 Å². The predicted molar refractivity (Wildman–Crippen MR) is 81.1 cm³/mol. The zero-order valence-corrected chi connectivity index (χ0v) is 11.4. The van der Waals surface area contributed by atoms with E-state index in [9.17, 15) is 0 Å². The molecule has 1 aromatic heterocycles. The molecular weight excluding hydrogens is 264 g/mol. The second-order valence-electron chi connectivity index (χ2n) is 4.59. The van der Waals surface area contributed by atoms with Crippen LogP contribution in [0, 0.1) is 11.3 Å². The van der Waals surface area contributed by atoms with E-state index in [0.717, 1.165) is 22.2 Å². The number of rotatable bonds is 5. The van der Waals surface area contributed by atoms with Gasteiger partial charge in [-0.3, -0.25) is 0 Å². The molecule has 3 aromatic rings. The van der Waals surface area contributed by atoms with E-state index < -0.39 is 0 Å². The number of anilines is 1. The van der Waals surface area contributed by atoms with Crippen molar-refractivity contribution in [3.8, 4) is 11.8 Å². The Morgan fingerprint density at radius 1 is 1.14 bits per heavy atom. The Balaban J connectivity index is 1.71. The molecule has 0 aliphatic rings. The maximum Gasteiger partial charge on any atom is 0.174 e. The van der Waals surface area contributed by atoms with Crippen LogP contribution in [0.5, 0.6) is 5.75 Å². The van der Waals surface area contributed by atoms with Crippen molar-refractivity contribution in [2.75, 3.05) is 11.9 Å². The Morgan fingerprint density at radius 2 is 2.05 bits per heavy atom. The zero-order valence-electron chi connectivity index (χ0n) is 11.4. The van der Waals surface area contributed by atoms with Gasteiger partial charge in [-0.2, -0.15) is 5.26 Å². The quantitative estimate of drug-likeness (QED) is 0.767. The van der Waals surface area contributed by atoms with Crippen LogP contribution in [0.1, 0.15) is 5.56 Å². The van der Waals surface area contributed by atoms with Gasteiger partial charge in [-0.1, -0.05) is 24.3 Å². The smallest absolute Gasteiger partial charge is 0.174 e. The van der Waals surface area contributed by atoms with Crippen LogP contribution >= 0.6 is 0 Å². The molecule has 0 bridgehead atoms. The molecule has 0 saturated carbocycles. The van der Waals surface area contributed by atoms with E-state index in [-0.39, 0.29) is 6.61 Å². The van der Waals surface area contributed by atoms with Crippen LogP contribution < -0.4 is 10.1 Å². The van der Waals surface area contributed by atoms with E-state index in [1.807, 2.05) is 54.6 Å². The molecule has 0 aliphatic heterocycles. The van der Waals surface area contributed by atoms with E-state index in [0.29, 0.717) is 12.3 Å². The molecule has 0 amide bonds. The lowest BCUT2D eigenvalue weighted by Gasteiger charge is -2.07. The monoisotopic (exact) mass is 278 g/mol. The summed E-state index contributed by atoms with van der Waals surface area (Å²) < 4.78 is 10.8. The minimum Gasteiger partial charge on any atom is -0.479 e. The third-order valence-electron chi connectivity index (χ3n) is 3.18. The number of para-hydroxylation sites is 1. The molecule has 0 aliphatic carbocycles. The average molecular weight is 278 g/mol. The highest BCUT2D eigenvalue weighted by Gasteiger charge is 2.05. The molecule has 1 heterocycles. The highest BCUT2D eigenvalue weighted by molar-refractivity contribution is 5.81. The Morgan fingerprint density at radius 3 is 2.95 bits per heavy atom. The van der Waals surface area contributed by atoms with Gasteiger partial charge in [0.15, 0.2) is 6.61 Å². The zero-order chi connectivity index (χ0) is 14.5. The molecule has 1 N–H and O–H groups in total. The van der Waals surface area contributed by atoms with Crippen LogP contribution in [-0.4, -0.2) is 6.61 Å². The van der Waals surface area contributed by atoms with Gasteiger partial charge in [0.05, 0.1) is 6.26 Å². The first-order chi connectivity index (χ1) is 10.4. The molecule has 104 valence electrons. The number of furan rings is 1. The van der Waals surface area contributed by atoms with Crippen LogP contribution in [0.25, 0.3) is 11.0 Å². The van der Waals surface area contributed by atoms with Gasteiger partial charge >= 0.3 is 0 Å². The maximum absolute atomic E-state index is 8.52. The number of ether oxygens (including phenoxy) is 1. The standard InChI is InChI=1S/C17H14N2O2/c18-8-9-20-15-5-3-4-14(10-15)19-11-13-12-21-17-7-2-1-6-16(13)17/h1-7,10,12,19H,9,11H2. The van der Waals surface area contributed by atoms with Gasteiger partial charge in [0.1, 0.15) is 17.4 Å². The number of hydrogen-bond donors (Lipinski definition) is 1. The molecule has 0 saturated heterocycles.